The van der Waals surface area contributed by atoms with Gasteiger partial charge in [0, 0.05) is 49.4 Å². The number of halogens is 1. The van der Waals surface area contributed by atoms with Crippen molar-refractivity contribution >= 4 is 39.5 Å². The van der Waals surface area contributed by atoms with Crippen LogP contribution in [0.15, 0.2) is 115 Å². The SMILES string of the molecule is Cc1c(-c2ccc(F)cc2)n(Cc2ccc(ON3CCN(C(=O)COc4cccc5c(C6CCC(=O)NC6=O)nn(C)c45)CC3)cc2)c2ccc(OCc3ccccc3)cc12. The first kappa shape index (κ1) is 39.5. The minimum Gasteiger partial charge on any atom is -0.489 e. The highest BCUT2D eigenvalue weighted by Gasteiger charge is 2.32. The molecule has 12 nitrogen and oxygen atoms in total. The van der Waals surface area contributed by atoms with Crippen molar-refractivity contribution in [3.8, 4) is 28.5 Å². The molecule has 7 aromatic rings. The van der Waals surface area contributed by atoms with Crippen LogP contribution in [0.2, 0.25) is 0 Å². The van der Waals surface area contributed by atoms with Crippen molar-refractivity contribution in [1.82, 2.24) is 29.6 Å². The van der Waals surface area contributed by atoms with Crippen LogP contribution in [0.3, 0.4) is 0 Å². The second-order valence-electron chi connectivity index (χ2n) is 15.5. The van der Waals surface area contributed by atoms with Crippen LogP contribution in [-0.4, -0.2) is 74.8 Å². The third-order valence-electron chi connectivity index (χ3n) is 11.5. The molecule has 2 fully saturated rings. The first-order valence-corrected chi connectivity index (χ1v) is 20.5. The van der Waals surface area contributed by atoms with Crippen LogP contribution in [0.25, 0.3) is 33.1 Å². The van der Waals surface area contributed by atoms with Crippen molar-refractivity contribution < 1.29 is 33.1 Å². The zero-order valence-corrected chi connectivity index (χ0v) is 34.0. The van der Waals surface area contributed by atoms with E-state index < -0.39 is 5.92 Å². The minimum absolute atomic E-state index is 0.141. The molecule has 9 rings (SSSR count). The molecule has 0 spiro atoms. The molecule has 0 aliphatic carbocycles. The number of hydroxylamine groups is 2. The molecule has 1 atom stereocenters. The number of ether oxygens (including phenoxy) is 2. The molecule has 310 valence electrons. The third-order valence-corrected chi connectivity index (χ3v) is 11.5. The number of imide groups is 1. The summed E-state index contributed by atoms with van der Waals surface area (Å²) in [4.78, 5) is 45.6. The number of hydrogen-bond acceptors (Lipinski definition) is 8. The van der Waals surface area contributed by atoms with Gasteiger partial charge in [-0.05, 0) is 96.3 Å². The molecule has 2 saturated heterocycles. The number of nitrogens with zero attached hydrogens (tertiary/aromatic N) is 5. The molecule has 2 aromatic heterocycles. The van der Waals surface area contributed by atoms with Crippen LogP contribution >= 0.6 is 0 Å². The van der Waals surface area contributed by atoms with Gasteiger partial charge in [-0.3, -0.25) is 24.4 Å². The van der Waals surface area contributed by atoms with Gasteiger partial charge in [0.15, 0.2) is 6.61 Å². The number of piperidine rings is 1. The molecule has 61 heavy (non-hydrogen) atoms. The van der Waals surface area contributed by atoms with Gasteiger partial charge in [0.25, 0.3) is 5.91 Å². The monoisotopic (exact) mass is 820 g/mol. The van der Waals surface area contributed by atoms with Crippen molar-refractivity contribution in [2.75, 3.05) is 32.8 Å². The lowest BCUT2D eigenvalue weighted by molar-refractivity contribution is -0.142. The lowest BCUT2D eigenvalue weighted by Gasteiger charge is -2.33. The number of rotatable bonds is 12. The summed E-state index contributed by atoms with van der Waals surface area (Å²) in [7, 11) is 1.77. The standard InChI is InChI=1S/C48H45FN6O6/c1-31-40-27-37(59-29-33-7-4-3-5-8-33)19-21-41(40)55(46(31)34-13-15-35(49)16-14-34)28-32-11-17-36(18-12-32)61-54-25-23-53(24-26-54)44(57)30-60-42-10-6-9-38-45(51-52(2)47(38)42)39-20-22-43(56)50-48(39)58/h3-19,21,27,39H,20,22-26,28-30H2,1-2H3,(H,50,56,58). The van der Waals surface area contributed by atoms with Gasteiger partial charge >= 0.3 is 0 Å². The number of piperazine rings is 1. The van der Waals surface area contributed by atoms with Crippen molar-refractivity contribution in [2.45, 2.75) is 38.8 Å². The zero-order chi connectivity index (χ0) is 42.0. The lowest BCUT2D eigenvalue weighted by Crippen LogP contribution is -2.50. The van der Waals surface area contributed by atoms with Gasteiger partial charge in [-0.1, -0.05) is 54.6 Å². The molecular weight excluding hydrogens is 776 g/mol. The normalized spacial score (nSPS) is 15.9. The van der Waals surface area contributed by atoms with Gasteiger partial charge in [0.2, 0.25) is 11.8 Å². The molecule has 2 aliphatic heterocycles. The Bertz CT molecular complexity index is 2740. The summed E-state index contributed by atoms with van der Waals surface area (Å²) >= 11 is 0. The number of benzene rings is 5. The maximum Gasteiger partial charge on any atom is 0.260 e. The Morgan fingerprint density at radius 1 is 0.820 bits per heavy atom. The number of fused-ring (bicyclic) bond motifs is 2. The van der Waals surface area contributed by atoms with Crippen molar-refractivity contribution in [1.29, 1.82) is 0 Å². The lowest BCUT2D eigenvalue weighted by atomic mass is 9.93. The summed E-state index contributed by atoms with van der Waals surface area (Å²) in [5, 5.41) is 10.7. The van der Waals surface area contributed by atoms with Crippen LogP contribution in [0.1, 0.15) is 41.1 Å². The van der Waals surface area contributed by atoms with Crippen molar-refractivity contribution in [3.63, 3.8) is 0 Å². The van der Waals surface area contributed by atoms with Gasteiger partial charge in [0.05, 0.1) is 30.4 Å². The van der Waals surface area contributed by atoms with E-state index in [9.17, 15) is 18.8 Å². The fraction of sp³-hybridized carbons (Fsp3) is 0.250. The Morgan fingerprint density at radius 3 is 2.33 bits per heavy atom. The Labute approximate surface area is 352 Å². The molecule has 5 aromatic carbocycles. The van der Waals surface area contributed by atoms with Gasteiger partial charge < -0.3 is 23.8 Å². The average Bonchev–Trinajstić information content (AvgIpc) is 3.75. The average molecular weight is 821 g/mol. The summed E-state index contributed by atoms with van der Waals surface area (Å²) in [5.74, 6) is 0.384. The molecule has 13 heteroatoms. The van der Waals surface area contributed by atoms with Crippen molar-refractivity contribution in [2.24, 2.45) is 7.05 Å². The molecule has 3 amide bonds. The highest BCUT2D eigenvalue weighted by Crippen LogP contribution is 2.37. The molecule has 1 unspecified atom stereocenters. The maximum atomic E-state index is 14.0. The fourth-order valence-electron chi connectivity index (χ4n) is 8.38. The van der Waals surface area contributed by atoms with Crippen LogP contribution in [0.4, 0.5) is 4.39 Å². The first-order chi connectivity index (χ1) is 29.7. The first-order valence-electron chi connectivity index (χ1n) is 20.5. The molecular formula is C48H45FN6O6. The van der Waals surface area contributed by atoms with Crippen molar-refractivity contribution in [3.05, 3.63) is 143 Å². The summed E-state index contributed by atoms with van der Waals surface area (Å²) in [6, 6.07) is 36.4. The summed E-state index contributed by atoms with van der Waals surface area (Å²) in [6.07, 6.45) is 0.647. The smallest absolute Gasteiger partial charge is 0.260 e. The quantitative estimate of drug-likeness (QED) is 0.128. The van der Waals surface area contributed by atoms with E-state index in [0.717, 1.165) is 50.0 Å². The Kier molecular flexibility index (Phi) is 11.0. The molecule has 1 N–H and O–H groups in total. The number of carbonyl (C=O) groups excluding carboxylic acids is 3. The fourth-order valence-corrected chi connectivity index (χ4v) is 8.38. The number of aromatic nitrogens is 3. The highest BCUT2D eigenvalue weighted by molar-refractivity contribution is 6.03. The molecule has 0 saturated carbocycles. The van der Waals surface area contributed by atoms with E-state index in [1.807, 2.05) is 77.9 Å². The van der Waals surface area contributed by atoms with Gasteiger partial charge in [-0.15, -0.1) is 5.06 Å². The van der Waals surface area contributed by atoms with E-state index in [-0.39, 0.29) is 36.6 Å². The van der Waals surface area contributed by atoms with E-state index in [0.29, 0.717) is 68.5 Å². The number of aryl methyl sites for hydroxylation is 2. The maximum absolute atomic E-state index is 14.0. The van der Waals surface area contributed by atoms with Gasteiger partial charge in [-0.25, -0.2) is 4.39 Å². The van der Waals surface area contributed by atoms with Crippen LogP contribution in [0, 0.1) is 12.7 Å². The number of hydrogen-bond donors (Lipinski definition) is 1. The summed E-state index contributed by atoms with van der Waals surface area (Å²) in [6.45, 7) is 4.99. The second-order valence-corrected chi connectivity index (χ2v) is 15.5. The van der Waals surface area contributed by atoms with Gasteiger partial charge in [-0.2, -0.15) is 5.10 Å². The van der Waals surface area contributed by atoms with E-state index in [1.165, 1.54) is 12.1 Å². The highest BCUT2D eigenvalue weighted by atomic mass is 19.1. The van der Waals surface area contributed by atoms with E-state index in [4.69, 9.17) is 14.3 Å². The number of amides is 3. The van der Waals surface area contributed by atoms with Crippen LogP contribution in [0.5, 0.6) is 17.2 Å². The zero-order valence-electron chi connectivity index (χ0n) is 34.0. The number of para-hydroxylation sites is 1. The second kappa shape index (κ2) is 16.9. The molecule has 0 bridgehead atoms. The van der Waals surface area contributed by atoms with Gasteiger partial charge in [0.1, 0.15) is 35.2 Å². The van der Waals surface area contributed by atoms with Crippen LogP contribution < -0.4 is 19.6 Å². The number of nitrogens with one attached hydrogen (secondary N) is 1. The van der Waals surface area contributed by atoms with E-state index in [2.05, 4.69) is 46.2 Å². The van der Waals surface area contributed by atoms with E-state index >= 15 is 0 Å². The topological polar surface area (TPSA) is 120 Å². The van der Waals surface area contributed by atoms with E-state index in [1.54, 1.807) is 22.7 Å². The molecule has 4 heterocycles. The van der Waals surface area contributed by atoms with Crippen LogP contribution in [-0.2, 0) is 34.6 Å². The predicted octanol–water partition coefficient (Wildman–Crippen LogP) is 7.31. The third kappa shape index (κ3) is 8.29. The minimum atomic E-state index is -0.534. The summed E-state index contributed by atoms with van der Waals surface area (Å²) < 4.78 is 30.2. The summed E-state index contributed by atoms with van der Waals surface area (Å²) in [5.41, 5.74) is 7.52. The largest absolute Gasteiger partial charge is 0.489 e. The molecule has 2 aliphatic rings. The Hall–Kier alpha value is -6.99. The predicted molar refractivity (Wildman–Crippen MR) is 229 cm³/mol. The number of carbonyl (C=O) groups is 3. The Balaban J connectivity index is 0.825. The Morgan fingerprint density at radius 2 is 1.57 bits per heavy atom. The molecule has 0 radical (unpaired) electrons.